The third-order valence-electron chi connectivity index (χ3n) is 3.89. The van der Waals surface area contributed by atoms with Crippen molar-refractivity contribution in [1.29, 1.82) is 0 Å². The molecule has 5 heteroatoms. The highest BCUT2D eigenvalue weighted by Gasteiger charge is 2.06. The van der Waals surface area contributed by atoms with Crippen molar-refractivity contribution in [3.05, 3.63) is 107 Å². The first kappa shape index (κ1) is 19.0. The normalized spacial score (nSPS) is 10.6. The number of benzene rings is 3. The van der Waals surface area contributed by atoms with E-state index < -0.39 is 5.97 Å². The molecule has 0 spiro atoms. The minimum atomic E-state index is -0.532. The van der Waals surface area contributed by atoms with Gasteiger partial charge in [0.15, 0.2) is 0 Å². The Hall–Kier alpha value is -3.73. The highest BCUT2D eigenvalue weighted by Crippen LogP contribution is 2.11. The van der Waals surface area contributed by atoms with E-state index in [2.05, 4.69) is 5.32 Å². The molecular weight excluding hydrogens is 357 g/mol. The number of amides is 1. The summed E-state index contributed by atoms with van der Waals surface area (Å²) in [7, 11) is 0. The minimum Gasteiger partial charge on any atom is -0.458 e. The Morgan fingerprint density at radius 1 is 0.929 bits per heavy atom. The van der Waals surface area contributed by atoms with Gasteiger partial charge in [0.2, 0.25) is 0 Å². The Morgan fingerprint density at radius 3 is 2.39 bits per heavy atom. The quantitative estimate of drug-likeness (QED) is 0.496. The predicted molar refractivity (Wildman–Crippen MR) is 106 cm³/mol. The van der Waals surface area contributed by atoms with Crippen molar-refractivity contribution in [1.82, 2.24) is 0 Å². The van der Waals surface area contributed by atoms with Crippen LogP contribution in [0.15, 0.2) is 84.9 Å². The van der Waals surface area contributed by atoms with E-state index in [1.807, 2.05) is 30.3 Å². The Bertz CT molecular complexity index is 982. The summed E-state index contributed by atoms with van der Waals surface area (Å²) < 4.78 is 18.3. The number of anilines is 1. The summed E-state index contributed by atoms with van der Waals surface area (Å²) in [5.41, 5.74) is 2.55. The highest BCUT2D eigenvalue weighted by atomic mass is 19.1. The van der Waals surface area contributed by atoms with E-state index in [4.69, 9.17) is 4.74 Å². The molecule has 0 atom stereocenters. The summed E-state index contributed by atoms with van der Waals surface area (Å²) in [6, 6.07) is 21.9. The summed E-state index contributed by atoms with van der Waals surface area (Å²) in [5, 5.41) is 2.80. The van der Waals surface area contributed by atoms with E-state index in [1.165, 1.54) is 24.3 Å². The average molecular weight is 375 g/mol. The summed E-state index contributed by atoms with van der Waals surface area (Å²) in [4.78, 5) is 24.0. The second kappa shape index (κ2) is 9.28. The van der Waals surface area contributed by atoms with Crippen LogP contribution in [0.2, 0.25) is 0 Å². The van der Waals surface area contributed by atoms with Crippen LogP contribution in [0.25, 0.3) is 6.08 Å². The number of halogens is 1. The maximum Gasteiger partial charge on any atom is 0.331 e. The summed E-state index contributed by atoms with van der Waals surface area (Å²) in [6.07, 6.45) is 2.73. The molecule has 0 aromatic heterocycles. The number of carbonyl (C=O) groups is 2. The number of nitrogens with one attached hydrogen (secondary N) is 1. The molecule has 140 valence electrons. The van der Waals surface area contributed by atoms with Crippen molar-refractivity contribution < 1.29 is 18.7 Å². The Labute approximate surface area is 162 Å². The van der Waals surface area contributed by atoms with Gasteiger partial charge in [-0.15, -0.1) is 0 Å². The second-order valence-electron chi connectivity index (χ2n) is 6.01. The average Bonchev–Trinajstić information content (AvgIpc) is 2.72. The molecule has 0 radical (unpaired) electrons. The van der Waals surface area contributed by atoms with Gasteiger partial charge in [0.25, 0.3) is 5.91 Å². The van der Waals surface area contributed by atoms with Gasteiger partial charge in [0.05, 0.1) is 0 Å². The van der Waals surface area contributed by atoms with E-state index >= 15 is 0 Å². The Balaban J connectivity index is 1.51. The van der Waals surface area contributed by atoms with E-state index in [1.54, 1.807) is 36.4 Å². The maximum atomic E-state index is 13.1. The zero-order chi connectivity index (χ0) is 19.8. The third kappa shape index (κ3) is 5.64. The SMILES string of the molecule is O=C(C=Cc1cccc(F)c1)OCc1ccc(C(=O)Nc2ccccc2)cc1. The van der Waals surface area contributed by atoms with Crippen LogP contribution >= 0.6 is 0 Å². The van der Waals surface area contributed by atoms with Gasteiger partial charge in [-0.3, -0.25) is 4.79 Å². The summed E-state index contributed by atoms with van der Waals surface area (Å²) in [5.74, 6) is -1.12. The first-order valence-electron chi connectivity index (χ1n) is 8.66. The van der Waals surface area contributed by atoms with Gasteiger partial charge >= 0.3 is 5.97 Å². The molecule has 4 nitrogen and oxygen atoms in total. The molecule has 0 fully saturated rings. The van der Waals surface area contributed by atoms with Crippen molar-refractivity contribution >= 4 is 23.6 Å². The molecule has 0 aliphatic rings. The number of ether oxygens (including phenoxy) is 1. The van der Waals surface area contributed by atoms with Gasteiger partial charge in [-0.2, -0.15) is 0 Å². The van der Waals surface area contributed by atoms with Crippen molar-refractivity contribution in [2.75, 3.05) is 5.32 Å². The molecule has 3 aromatic carbocycles. The van der Waals surface area contributed by atoms with E-state index in [9.17, 15) is 14.0 Å². The molecule has 1 amide bonds. The lowest BCUT2D eigenvalue weighted by molar-refractivity contribution is -0.138. The molecule has 0 heterocycles. The van der Waals surface area contributed by atoms with Gasteiger partial charge in [-0.05, 0) is 53.6 Å². The van der Waals surface area contributed by atoms with Crippen LogP contribution < -0.4 is 5.32 Å². The molecule has 0 saturated heterocycles. The van der Waals surface area contributed by atoms with Crippen LogP contribution in [0.4, 0.5) is 10.1 Å². The monoisotopic (exact) mass is 375 g/mol. The molecule has 28 heavy (non-hydrogen) atoms. The first-order valence-corrected chi connectivity index (χ1v) is 8.66. The van der Waals surface area contributed by atoms with Crippen LogP contribution in [0.1, 0.15) is 21.5 Å². The minimum absolute atomic E-state index is 0.0763. The van der Waals surface area contributed by atoms with Gasteiger partial charge in [-0.1, -0.05) is 42.5 Å². The number of rotatable bonds is 6. The standard InChI is InChI=1S/C23H18FNO3/c24-20-6-4-5-17(15-20)11-14-22(26)28-16-18-9-12-19(13-10-18)23(27)25-21-7-2-1-3-8-21/h1-15H,16H2,(H,25,27). The fourth-order valence-corrected chi connectivity index (χ4v) is 2.45. The number of hydrogen-bond acceptors (Lipinski definition) is 3. The fourth-order valence-electron chi connectivity index (χ4n) is 2.45. The second-order valence-corrected chi connectivity index (χ2v) is 6.01. The predicted octanol–water partition coefficient (Wildman–Crippen LogP) is 4.83. The number of esters is 1. The van der Waals surface area contributed by atoms with Crippen molar-refractivity contribution in [3.63, 3.8) is 0 Å². The lowest BCUT2D eigenvalue weighted by atomic mass is 10.1. The van der Waals surface area contributed by atoms with Crippen molar-refractivity contribution in [2.45, 2.75) is 6.61 Å². The zero-order valence-electron chi connectivity index (χ0n) is 15.0. The molecular formula is C23H18FNO3. The molecule has 0 saturated carbocycles. The maximum absolute atomic E-state index is 13.1. The number of carbonyl (C=O) groups excluding carboxylic acids is 2. The van der Waals surface area contributed by atoms with Gasteiger partial charge in [0.1, 0.15) is 12.4 Å². The Morgan fingerprint density at radius 2 is 1.68 bits per heavy atom. The zero-order valence-corrected chi connectivity index (χ0v) is 15.0. The summed E-state index contributed by atoms with van der Waals surface area (Å²) in [6.45, 7) is 0.0763. The number of para-hydroxylation sites is 1. The fraction of sp³-hybridized carbons (Fsp3) is 0.0435. The number of hydrogen-bond donors (Lipinski definition) is 1. The lowest BCUT2D eigenvalue weighted by Crippen LogP contribution is -2.11. The lowest BCUT2D eigenvalue weighted by Gasteiger charge is -2.06. The molecule has 3 rings (SSSR count). The summed E-state index contributed by atoms with van der Waals surface area (Å²) >= 11 is 0. The molecule has 0 aliphatic carbocycles. The first-order chi connectivity index (χ1) is 13.6. The molecule has 3 aromatic rings. The highest BCUT2D eigenvalue weighted by molar-refractivity contribution is 6.04. The van der Waals surface area contributed by atoms with Gasteiger partial charge in [0, 0.05) is 17.3 Å². The van der Waals surface area contributed by atoms with Crippen molar-refractivity contribution in [3.8, 4) is 0 Å². The van der Waals surface area contributed by atoms with Gasteiger partial charge < -0.3 is 10.1 Å². The van der Waals surface area contributed by atoms with E-state index in [-0.39, 0.29) is 18.3 Å². The van der Waals surface area contributed by atoms with Crippen LogP contribution in [-0.4, -0.2) is 11.9 Å². The molecule has 0 bridgehead atoms. The Kier molecular flexibility index (Phi) is 6.31. The van der Waals surface area contributed by atoms with Crippen LogP contribution in [0.5, 0.6) is 0 Å². The van der Waals surface area contributed by atoms with E-state index in [0.717, 1.165) is 11.3 Å². The molecule has 0 aliphatic heterocycles. The van der Waals surface area contributed by atoms with Crippen molar-refractivity contribution in [2.24, 2.45) is 0 Å². The third-order valence-corrected chi connectivity index (χ3v) is 3.89. The van der Waals surface area contributed by atoms with E-state index in [0.29, 0.717) is 11.1 Å². The molecule has 1 N–H and O–H groups in total. The van der Waals surface area contributed by atoms with Crippen LogP contribution in [0, 0.1) is 5.82 Å². The largest absolute Gasteiger partial charge is 0.458 e. The van der Waals surface area contributed by atoms with Gasteiger partial charge in [-0.25, -0.2) is 9.18 Å². The topological polar surface area (TPSA) is 55.4 Å². The van der Waals surface area contributed by atoms with Crippen LogP contribution in [-0.2, 0) is 16.1 Å². The van der Waals surface area contributed by atoms with Crippen LogP contribution in [0.3, 0.4) is 0 Å². The smallest absolute Gasteiger partial charge is 0.331 e. The molecule has 0 unspecified atom stereocenters.